The molecule has 1 N–H and O–H groups in total. The number of nitrogens with one attached hydrogen (secondary N) is 1. The summed E-state index contributed by atoms with van der Waals surface area (Å²) in [5.41, 5.74) is 1.36. The van der Waals surface area contributed by atoms with Gasteiger partial charge in [-0.2, -0.15) is 0 Å². The van der Waals surface area contributed by atoms with Gasteiger partial charge in [-0.05, 0) is 51.0 Å². The van der Waals surface area contributed by atoms with Crippen LogP contribution < -0.4 is 10.1 Å². The molecule has 2 aliphatic heterocycles. The summed E-state index contributed by atoms with van der Waals surface area (Å²) in [7, 11) is 2.25. The molecular weight excluding hydrogens is 236 g/mol. The average Bonchev–Trinajstić information content (AvgIpc) is 2.63. The van der Waals surface area contributed by atoms with E-state index >= 15 is 0 Å². The number of rotatable bonds is 3. The fourth-order valence-corrected chi connectivity index (χ4v) is 3.27. The summed E-state index contributed by atoms with van der Waals surface area (Å²) in [5.74, 6) is 1.09. The van der Waals surface area contributed by atoms with Crippen LogP contribution in [-0.2, 0) is 6.42 Å². The smallest absolute Gasteiger partial charge is 0.123 e. The van der Waals surface area contributed by atoms with Gasteiger partial charge in [-0.1, -0.05) is 18.2 Å². The SMILES string of the molecule is CN(CC1Cc2ccccc2O1)C1CCCNCC1. The quantitative estimate of drug-likeness (QED) is 0.900. The summed E-state index contributed by atoms with van der Waals surface area (Å²) in [6, 6.07) is 9.14. The van der Waals surface area contributed by atoms with Crippen molar-refractivity contribution in [2.75, 3.05) is 26.7 Å². The minimum atomic E-state index is 0.332. The van der Waals surface area contributed by atoms with E-state index in [9.17, 15) is 0 Å². The van der Waals surface area contributed by atoms with Crippen molar-refractivity contribution in [1.29, 1.82) is 0 Å². The molecule has 0 radical (unpaired) electrons. The van der Waals surface area contributed by atoms with Crippen molar-refractivity contribution >= 4 is 0 Å². The average molecular weight is 260 g/mol. The summed E-state index contributed by atoms with van der Waals surface area (Å²) >= 11 is 0. The van der Waals surface area contributed by atoms with E-state index < -0.39 is 0 Å². The lowest BCUT2D eigenvalue weighted by Gasteiger charge is -2.28. The molecule has 0 aliphatic carbocycles. The molecule has 2 unspecified atom stereocenters. The van der Waals surface area contributed by atoms with Crippen LogP contribution in [0.5, 0.6) is 5.75 Å². The van der Waals surface area contributed by atoms with Crippen LogP contribution in [0.15, 0.2) is 24.3 Å². The maximum Gasteiger partial charge on any atom is 0.123 e. The number of fused-ring (bicyclic) bond motifs is 1. The van der Waals surface area contributed by atoms with Crippen LogP contribution in [-0.4, -0.2) is 43.7 Å². The summed E-state index contributed by atoms with van der Waals surface area (Å²) in [6.07, 6.45) is 5.25. The highest BCUT2D eigenvalue weighted by Crippen LogP contribution is 2.28. The van der Waals surface area contributed by atoms with Gasteiger partial charge in [0.05, 0.1) is 0 Å². The molecule has 0 bridgehead atoms. The van der Waals surface area contributed by atoms with Crippen molar-refractivity contribution in [1.82, 2.24) is 10.2 Å². The second kappa shape index (κ2) is 5.93. The van der Waals surface area contributed by atoms with Crippen molar-refractivity contribution in [3.8, 4) is 5.75 Å². The van der Waals surface area contributed by atoms with E-state index in [0.29, 0.717) is 12.1 Å². The molecule has 3 nitrogen and oxygen atoms in total. The maximum absolute atomic E-state index is 6.04. The molecule has 3 heteroatoms. The lowest BCUT2D eigenvalue weighted by Crippen LogP contribution is -2.39. The normalized spacial score (nSPS) is 26.8. The third-order valence-electron chi connectivity index (χ3n) is 4.37. The predicted octanol–water partition coefficient (Wildman–Crippen LogP) is 2.06. The van der Waals surface area contributed by atoms with Crippen LogP contribution >= 0.6 is 0 Å². The summed E-state index contributed by atoms with van der Waals surface area (Å²) in [6.45, 7) is 3.37. The van der Waals surface area contributed by atoms with Gasteiger partial charge < -0.3 is 10.1 Å². The Hall–Kier alpha value is -1.06. The Kier molecular flexibility index (Phi) is 4.04. The molecule has 0 spiro atoms. The molecule has 1 fully saturated rings. The molecule has 0 saturated carbocycles. The van der Waals surface area contributed by atoms with Crippen molar-refractivity contribution in [2.45, 2.75) is 37.8 Å². The Labute approximate surface area is 115 Å². The van der Waals surface area contributed by atoms with Gasteiger partial charge >= 0.3 is 0 Å². The second-order valence-electron chi connectivity index (χ2n) is 5.83. The van der Waals surface area contributed by atoms with Gasteiger partial charge in [-0.15, -0.1) is 0 Å². The van der Waals surface area contributed by atoms with E-state index in [4.69, 9.17) is 4.74 Å². The molecule has 1 aromatic carbocycles. The number of ether oxygens (including phenoxy) is 1. The standard InChI is InChI=1S/C16H24N2O/c1-18(14-6-4-9-17-10-8-14)12-15-11-13-5-2-3-7-16(13)19-15/h2-3,5,7,14-15,17H,4,6,8-12H2,1H3. The fourth-order valence-electron chi connectivity index (χ4n) is 3.27. The molecule has 19 heavy (non-hydrogen) atoms. The van der Waals surface area contributed by atoms with Crippen LogP contribution in [0.4, 0.5) is 0 Å². The zero-order chi connectivity index (χ0) is 13.1. The minimum Gasteiger partial charge on any atom is -0.488 e. The van der Waals surface area contributed by atoms with Gasteiger partial charge in [0, 0.05) is 19.0 Å². The second-order valence-corrected chi connectivity index (χ2v) is 5.83. The maximum atomic E-state index is 6.04. The first-order chi connectivity index (χ1) is 9.33. The van der Waals surface area contributed by atoms with Crippen LogP contribution in [0.25, 0.3) is 0 Å². The monoisotopic (exact) mass is 260 g/mol. The molecule has 3 rings (SSSR count). The van der Waals surface area contributed by atoms with Crippen molar-refractivity contribution in [2.24, 2.45) is 0 Å². The topological polar surface area (TPSA) is 24.5 Å². The van der Waals surface area contributed by atoms with E-state index in [1.807, 2.05) is 0 Å². The third kappa shape index (κ3) is 3.10. The van der Waals surface area contributed by atoms with Crippen molar-refractivity contribution in [3.05, 3.63) is 29.8 Å². The van der Waals surface area contributed by atoms with E-state index in [2.05, 4.69) is 41.5 Å². The van der Waals surface area contributed by atoms with Gasteiger partial charge in [0.1, 0.15) is 11.9 Å². The Balaban J connectivity index is 1.55. The number of para-hydroxylation sites is 1. The third-order valence-corrected chi connectivity index (χ3v) is 4.37. The van der Waals surface area contributed by atoms with Crippen LogP contribution in [0.1, 0.15) is 24.8 Å². The van der Waals surface area contributed by atoms with Crippen LogP contribution in [0.2, 0.25) is 0 Å². The molecule has 0 amide bonds. The molecule has 0 aromatic heterocycles. The lowest BCUT2D eigenvalue weighted by molar-refractivity contribution is 0.132. The molecular formula is C16H24N2O. The highest BCUT2D eigenvalue weighted by Gasteiger charge is 2.26. The number of nitrogens with zero attached hydrogens (tertiary/aromatic N) is 1. The number of hydrogen-bond acceptors (Lipinski definition) is 3. The summed E-state index contributed by atoms with van der Waals surface area (Å²) in [5, 5.41) is 3.48. The molecule has 2 aliphatic rings. The van der Waals surface area contributed by atoms with E-state index in [-0.39, 0.29) is 0 Å². The number of hydrogen-bond donors (Lipinski definition) is 1. The Morgan fingerprint density at radius 2 is 2.16 bits per heavy atom. The van der Waals surface area contributed by atoms with Gasteiger partial charge in [0.15, 0.2) is 0 Å². The Morgan fingerprint density at radius 3 is 3.05 bits per heavy atom. The molecule has 104 valence electrons. The van der Waals surface area contributed by atoms with Crippen molar-refractivity contribution < 1.29 is 4.74 Å². The number of likely N-dealkylation sites (N-methyl/N-ethyl adjacent to an activating group) is 1. The van der Waals surface area contributed by atoms with Gasteiger partial charge in [0.25, 0.3) is 0 Å². The van der Waals surface area contributed by atoms with Gasteiger partial charge in [-0.25, -0.2) is 0 Å². The highest BCUT2D eigenvalue weighted by molar-refractivity contribution is 5.37. The molecule has 2 heterocycles. The highest BCUT2D eigenvalue weighted by atomic mass is 16.5. The summed E-state index contributed by atoms with van der Waals surface area (Å²) in [4.78, 5) is 2.50. The first-order valence-electron chi connectivity index (χ1n) is 7.48. The van der Waals surface area contributed by atoms with Crippen molar-refractivity contribution in [3.63, 3.8) is 0 Å². The first-order valence-corrected chi connectivity index (χ1v) is 7.48. The Morgan fingerprint density at radius 1 is 1.26 bits per heavy atom. The minimum absolute atomic E-state index is 0.332. The zero-order valence-electron chi connectivity index (χ0n) is 11.8. The fraction of sp³-hybridized carbons (Fsp3) is 0.625. The lowest BCUT2D eigenvalue weighted by atomic mass is 10.1. The number of benzene rings is 1. The van der Waals surface area contributed by atoms with E-state index in [0.717, 1.165) is 25.3 Å². The van der Waals surface area contributed by atoms with Crippen LogP contribution in [0.3, 0.4) is 0 Å². The largest absolute Gasteiger partial charge is 0.488 e. The molecule has 1 aromatic rings. The Bertz CT molecular complexity index is 388. The zero-order valence-corrected chi connectivity index (χ0v) is 11.8. The summed E-state index contributed by atoms with van der Waals surface area (Å²) < 4.78 is 6.04. The van der Waals surface area contributed by atoms with Gasteiger partial charge in [0.2, 0.25) is 0 Å². The first kappa shape index (κ1) is 12.9. The molecule has 1 saturated heterocycles. The molecule has 2 atom stereocenters. The van der Waals surface area contributed by atoms with Crippen LogP contribution in [0, 0.1) is 0 Å². The van der Waals surface area contributed by atoms with Gasteiger partial charge in [-0.3, -0.25) is 4.90 Å². The predicted molar refractivity (Wildman–Crippen MR) is 77.7 cm³/mol. The van der Waals surface area contributed by atoms with E-state index in [1.54, 1.807) is 0 Å². The van der Waals surface area contributed by atoms with E-state index in [1.165, 1.54) is 31.4 Å².